The number of rotatable bonds is 8. The number of anilines is 2. The highest BCUT2D eigenvalue weighted by atomic mass is 19.4. The molecule has 230 valence electrons. The van der Waals surface area contributed by atoms with E-state index in [-0.39, 0.29) is 29.4 Å². The molecule has 2 N–H and O–H groups in total. The number of ether oxygens (including phenoxy) is 3. The number of nitrogens with one attached hydrogen (secondary N) is 2. The Morgan fingerprint density at radius 3 is 2.40 bits per heavy atom. The third-order valence-corrected chi connectivity index (χ3v) is 6.43. The van der Waals surface area contributed by atoms with Gasteiger partial charge in [0.2, 0.25) is 5.88 Å². The maximum Gasteiger partial charge on any atom is 0.416 e. The molecule has 3 aromatic rings. The van der Waals surface area contributed by atoms with Gasteiger partial charge in [0.25, 0.3) is 5.91 Å². The molecule has 43 heavy (non-hydrogen) atoms. The first-order valence-electron chi connectivity index (χ1n) is 13.7. The number of aromatic nitrogens is 2. The third kappa shape index (κ3) is 8.72. The Morgan fingerprint density at radius 2 is 1.72 bits per heavy atom. The van der Waals surface area contributed by atoms with Crippen LogP contribution < -0.4 is 20.1 Å². The molecule has 0 radical (unpaired) electrons. The molecule has 1 fully saturated rings. The standard InChI is InChI=1S/C30H34F3N5O5/c1-29(2,3)43-28(40)38-13-9-22(10-14-38)42-23-16-20(30(31,32)33)15-21(17-23)37-26(39)24-8-6-11-34-25(24)36-18-19-7-5-12-35-27(19)41-4/h5-8,11-12,15-17,22H,9-10,13-14,18H2,1-4H3,(H,34,36)(H,37,39). The van der Waals surface area contributed by atoms with Crippen LogP contribution in [-0.4, -0.2) is 58.8 Å². The highest BCUT2D eigenvalue weighted by Gasteiger charge is 2.33. The van der Waals surface area contributed by atoms with Crippen molar-refractivity contribution in [2.24, 2.45) is 0 Å². The summed E-state index contributed by atoms with van der Waals surface area (Å²) in [6.07, 6.45) is -1.66. The van der Waals surface area contributed by atoms with E-state index in [4.69, 9.17) is 14.2 Å². The fourth-order valence-electron chi connectivity index (χ4n) is 4.43. The summed E-state index contributed by atoms with van der Waals surface area (Å²) < 4.78 is 57.9. The van der Waals surface area contributed by atoms with Crippen LogP contribution in [0.5, 0.6) is 11.6 Å². The number of likely N-dealkylation sites (tertiary alicyclic amines) is 1. The van der Waals surface area contributed by atoms with E-state index >= 15 is 0 Å². The third-order valence-electron chi connectivity index (χ3n) is 6.43. The van der Waals surface area contributed by atoms with E-state index < -0.39 is 35.4 Å². The largest absolute Gasteiger partial charge is 0.490 e. The van der Waals surface area contributed by atoms with Crippen molar-refractivity contribution >= 4 is 23.5 Å². The Hall–Kier alpha value is -4.55. The topological polar surface area (TPSA) is 115 Å². The number of halogens is 3. The SMILES string of the molecule is COc1ncccc1CNc1ncccc1C(=O)Nc1cc(OC2CCN(C(=O)OC(C)(C)C)CC2)cc(C(F)(F)F)c1. The molecule has 4 rings (SSSR count). The van der Waals surface area contributed by atoms with Crippen LogP contribution in [0, 0.1) is 0 Å². The van der Waals surface area contributed by atoms with E-state index in [0.29, 0.717) is 31.8 Å². The van der Waals surface area contributed by atoms with Crippen molar-refractivity contribution in [1.29, 1.82) is 0 Å². The van der Waals surface area contributed by atoms with Gasteiger partial charge in [0.1, 0.15) is 23.3 Å². The Bertz CT molecular complexity index is 1440. The van der Waals surface area contributed by atoms with Crippen LogP contribution in [0.1, 0.15) is 55.1 Å². The number of piperidine rings is 1. The highest BCUT2D eigenvalue weighted by molar-refractivity contribution is 6.07. The highest BCUT2D eigenvalue weighted by Crippen LogP contribution is 2.35. The Labute approximate surface area is 247 Å². The molecule has 10 nitrogen and oxygen atoms in total. The first-order valence-corrected chi connectivity index (χ1v) is 13.7. The molecule has 2 aromatic heterocycles. The van der Waals surface area contributed by atoms with Gasteiger partial charge in [-0.25, -0.2) is 14.8 Å². The van der Waals surface area contributed by atoms with Crippen molar-refractivity contribution in [2.45, 2.75) is 58.0 Å². The molecule has 1 aromatic carbocycles. The van der Waals surface area contributed by atoms with Crippen LogP contribution in [0.4, 0.5) is 29.5 Å². The molecule has 1 aliphatic heterocycles. The van der Waals surface area contributed by atoms with Crippen LogP contribution in [0.3, 0.4) is 0 Å². The van der Waals surface area contributed by atoms with Crippen molar-refractivity contribution in [1.82, 2.24) is 14.9 Å². The number of pyridine rings is 2. The van der Waals surface area contributed by atoms with Gasteiger partial charge in [-0.1, -0.05) is 6.07 Å². The van der Waals surface area contributed by atoms with Crippen LogP contribution in [-0.2, 0) is 17.5 Å². The van der Waals surface area contributed by atoms with Crippen LogP contribution in [0.2, 0.25) is 0 Å². The lowest BCUT2D eigenvalue weighted by Crippen LogP contribution is -2.44. The minimum Gasteiger partial charge on any atom is -0.490 e. The van der Waals surface area contributed by atoms with E-state index in [1.54, 1.807) is 50.1 Å². The van der Waals surface area contributed by atoms with Gasteiger partial charge in [0.05, 0.1) is 18.2 Å². The Balaban J connectivity index is 1.46. The zero-order valence-electron chi connectivity index (χ0n) is 24.3. The molecule has 0 saturated carbocycles. The van der Waals surface area contributed by atoms with Gasteiger partial charge in [0.15, 0.2) is 0 Å². The lowest BCUT2D eigenvalue weighted by atomic mass is 10.1. The van der Waals surface area contributed by atoms with E-state index in [2.05, 4.69) is 20.6 Å². The fourth-order valence-corrected chi connectivity index (χ4v) is 4.43. The van der Waals surface area contributed by atoms with Gasteiger partial charge >= 0.3 is 12.3 Å². The number of methoxy groups -OCH3 is 1. The quantitative estimate of drug-likeness (QED) is 0.316. The molecule has 0 bridgehead atoms. The second-order valence-electron chi connectivity index (χ2n) is 10.9. The average molecular weight is 602 g/mol. The lowest BCUT2D eigenvalue weighted by Gasteiger charge is -2.33. The maximum atomic E-state index is 13.8. The molecular weight excluding hydrogens is 567 g/mol. The van der Waals surface area contributed by atoms with Crippen molar-refractivity contribution in [2.75, 3.05) is 30.8 Å². The zero-order chi connectivity index (χ0) is 31.2. The van der Waals surface area contributed by atoms with Crippen LogP contribution >= 0.6 is 0 Å². The van der Waals surface area contributed by atoms with Gasteiger partial charge in [0, 0.05) is 62.2 Å². The summed E-state index contributed by atoms with van der Waals surface area (Å²) in [5.41, 5.74) is -0.856. The van der Waals surface area contributed by atoms with Gasteiger partial charge in [-0.2, -0.15) is 13.2 Å². The first-order chi connectivity index (χ1) is 20.3. The van der Waals surface area contributed by atoms with E-state index in [1.807, 2.05) is 0 Å². The zero-order valence-corrected chi connectivity index (χ0v) is 24.3. The molecule has 0 spiro atoms. The van der Waals surface area contributed by atoms with Crippen molar-refractivity contribution in [3.8, 4) is 11.6 Å². The second-order valence-corrected chi connectivity index (χ2v) is 10.9. The number of carbonyl (C=O) groups excluding carboxylic acids is 2. The van der Waals surface area contributed by atoms with E-state index in [0.717, 1.165) is 17.7 Å². The summed E-state index contributed by atoms with van der Waals surface area (Å²) in [5, 5.41) is 5.61. The van der Waals surface area contributed by atoms with Gasteiger partial charge in [-0.05, 0) is 51.1 Å². The summed E-state index contributed by atoms with van der Waals surface area (Å²) in [6.45, 7) is 6.24. The number of nitrogens with zero attached hydrogens (tertiary/aromatic N) is 3. The minimum absolute atomic E-state index is 0.0472. The summed E-state index contributed by atoms with van der Waals surface area (Å²) in [7, 11) is 1.49. The van der Waals surface area contributed by atoms with Gasteiger partial charge in [-0.15, -0.1) is 0 Å². The molecule has 0 aliphatic carbocycles. The van der Waals surface area contributed by atoms with Crippen LogP contribution in [0.25, 0.3) is 0 Å². The Kier molecular flexibility index (Phi) is 9.62. The average Bonchev–Trinajstić information content (AvgIpc) is 2.95. The molecule has 0 unspecified atom stereocenters. The smallest absolute Gasteiger partial charge is 0.416 e. The number of hydrogen-bond acceptors (Lipinski definition) is 8. The van der Waals surface area contributed by atoms with Gasteiger partial charge < -0.3 is 29.7 Å². The predicted molar refractivity (Wildman–Crippen MR) is 153 cm³/mol. The van der Waals surface area contributed by atoms with Crippen molar-refractivity contribution in [3.05, 3.63) is 71.5 Å². The number of carbonyl (C=O) groups is 2. The molecule has 1 aliphatic rings. The summed E-state index contributed by atoms with van der Waals surface area (Å²) in [4.78, 5) is 35.5. The van der Waals surface area contributed by atoms with E-state index in [1.165, 1.54) is 25.4 Å². The van der Waals surface area contributed by atoms with E-state index in [9.17, 15) is 22.8 Å². The molecule has 0 atom stereocenters. The van der Waals surface area contributed by atoms with Crippen molar-refractivity contribution < 1.29 is 37.0 Å². The van der Waals surface area contributed by atoms with Crippen LogP contribution in [0.15, 0.2) is 54.9 Å². The number of hydrogen-bond donors (Lipinski definition) is 2. The fraction of sp³-hybridized carbons (Fsp3) is 0.400. The maximum absolute atomic E-state index is 13.8. The minimum atomic E-state index is -4.68. The summed E-state index contributed by atoms with van der Waals surface area (Å²) >= 11 is 0. The summed E-state index contributed by atoms with van der Waals surface area (Å²) in [5.74, 6) is -0.0752. The number of alkyl halides is 3. The lowest BCUT2D eigenvalue weighted by molar-refractivity contribution is -0.137. The molecule has 1 saturated heterocycles. The number of amides is 2. The monoisotopic (exact) mass is 601 g/mol. The molecule has 13 heteroatoms. The first kappa shape index (κ1) is 31.4. The van der Waals surface area contributed by atoms with Gasteiger partial charge in [-0.3, -0.25) is 4.79 Å². The normalized spacial score (nSPS) is 14.2. The van der Waals surface area contributed by atoms with Crippen molar-refractivity contribution in [3.63, 3.8) is 0 Å². The number of benzene rings is 1. The Morgan fingerprint density at radius 1 is 1.02 bits per heavy atom. The predicted octanol–water partition coefficient (Wildman–Crippen LogP) is 6.15. The second kappa shape index (κ2) is 13.2. The molecule has 2 amide bonds. The molecule has 3 heterocycles. The molecular formula is C30H34F3N5O5. The summed E-state index contributed by atoms with van der Waals surface area (Å²) in [6, 6.07) is 9.69.